The first-order valence-electron chi connectivity index (χ1n) is 4.16. The van der Waals surface area contributed by atoms with E-state index in [4.69, 9.17) is 5.73 Å². The van der Waals surface area contributed by atoms with Crippen molar-refractivity contribution in [2.45, 2.75) is 19.3 Å². The molecular weight excluding hydrogens is 230 g/mol. The number of aromatic hydroxyl groups is 1. The first-order chi connectivity index (χ1) is 5.97. The lowest BCUT2D eigenvalue weighted by atomic mass is 9.85. The molecule has 0 heterocycles. The van der Waals surface area contributed by atoms with E-state index >= 15 is 0 Å². The predicted octanol–water partition coefficient (Wildman–Crippen LogP) is 2.39. The zero-order valence-electron chi connectivity index (χ0n) is 7.84. The molecule has 72 valence electrons. The fourth-order valence-corrected chi connectivity index (χ4v) is 1.42. The largest absolute Gasteiger partial charge is 0.507 e. The average Bonchev–Trinajstić information content (AvgIpc) is 2.09. The quantitative estimate of drug-likeness (QED) is 0.839. The molecule has 0 amide bonds. The molecule has 0 spiro atoms. The Bertz CT molecular complexity index is 310. The van der Waals surface area contributed by atoms with Crippen LogP contribution in [0.5, 0.6) is 5.75 Å². The lowest BCUT2D eigenvalue weighted by molar-refractivity contribution is 0.469. The van der Waals surface area contributed by atoms with Crippen molar-refractivity contribution in [1.82, 2.24) is 0 Å². The second-order valence-corrected chi connectivity index (χ2v) is 4.61. The van der Waals surface area contributed by atoms with Gasteiger partial charge in [-0.15, -0.1) is 0 Å². The van der Waals surface area contributed by atoms with Crippen molar-refractivity contribution < 1.29 is 5.11 Å². The Morgan fingerprint density at radius 3 is 2.54 bits per heavy atom. The summed E-state index contributed by atoms with van der Waals surface area (Å²) >= 11 is 3.28. The Labute approximate surface area is 86.9 Å². The summed E-state index contributed by atoms with van der Waals surface area (Å²) < 4.78 is 0.714. The van der Waals surface area contributed by atoms with Crippen molar-refractivity contribution >= 4 is 15.9 Å². The summed E-state index contributed by atoms with van der Waals surface area (Å²) in [6.45, 7) is 4.74. The van der Waals surface area contributed by atoms with Crippen LogP contribution in [0.4, 0.5) is 0 Å². The normalized spacial score (nSPS) is 11.7. The van der Waals surface area contributed by atoms with E-state index in [9.17, 15) is 5.11 Å². The third kappa shape index (κ3) is 2.23. The smallest absolute Gasteiger partial charge is 0.129 e. The van der Waals surface area contributed by atoms with Crippen LogP contribution in [-0.4, -0.2) is 11.7 Å². The number of benzene rings is 1. The molecule has 1 rings (SSSR count). The fraction of sp³-hybridized carbons (Fsp3) is 0.400. The predicted molar refractivity (Wildman–Crippen MR) is 57.9 cm³/mol. The van der Waals surface area contributed by atoms with Gasteiger partial charge < -0.3 is 10.8 Å². The minimum Gasteiger partial charge on any atom is -0.507 e. The minimum absolute atomic E-state index is 0.0454. The van der Waals surface area contributed by atoms with Crippen molar-refractivity contribution in [3.05, 3.63) is 28.2 Å². The third-order valence-electron chi connectivity index (χ3n) is 2.24. The van der Waals surface area contributed by atoms with Crippen LogP contribution in [0, 0.1) is 0 Å². The molecule has 0 radical (unpaired) electrons. The first kappa shape index (κ1) is 10.5. The van der Waals surface area contributed by atoms with Crippen LogP contribution >= 0.6 is 15.9 Å². The number of nitrogens with two attached hydrogens (primary N) is 1. The topological polar surface area (TPSA) is 46.2 Å². The number of phenols is 1. The molecule has 0 bridgehead atoms. The van der Waals surface area contributed by atoms with Crippen LogP contribution < -0.4 is 5.73 Å². The molecule has 2 nitrogen and oxygen atoms in total. The number of hydrogen-bond acceptors (Lipinski definition) is 2. The number of rotatable bonds is 2. The zero-order chi connectivity index (χ0) is 10.1. The lowest BCUT2D eigenvalue weighted by Crippen LogP contribution is -2.27. The van der Waals surface area contributed by atoms with Crippen molar-refractivity contribution in [3.8, 4) is 5.75 Å². The van der Waals surface area contributed by atoms with Crippen LogP contribution in [-0.2, 0) is 5.41 Å². The number of hydrogen-bond donors (Lipinski definition) is 2. The van der Waals surface area contributed by atoms with Crippen LogP contribution in [0.2, 0.25) is 0 Å². The van der Waals surface area contributed by atoms with E-state index in [0.717, 1.165) is 5.56 Å². The molecule has 0 aliphatic carbocycles. The Balaban J connectivity index is 3.10. The molecule has 0 aliphatic rings. The summed E-state index contributed by atoms with van der Waals surface area (Å²) in [5.74, 6) is 0.261. The van der Waals surface area contributed by atoms with E-state index in [0.29, 0.717) is 11.0 Å². The van der Waals surface area contributed by atoms with E-state index < -0.39 is 0 Å². The molecule has 0 saturated carbocycles. The van der Waals surface area contributed by atoms with E-state index in [-0.39, 0.29) is 11.2 Å². The van der Waals surface area contributed by atoms with Crippen molar-refractivity contribution in [3.63, 3.8) is 0 Å². The van der Waals surface area contributed by atoms with Gasteiger partial charge in [-0.1, -0.05) is 19.9 Å². The first-order valence-corrected chi connectivity index (χ1v) is 4.96. The second-order valence-electron chi connectivity index (χ2n) is 3.75. The molecule has 3 heteroatoms. The lowest BCUT2D eigenvalue weighted by Gasteiger charge is -2.23. The maximum absolute atomic E-state index is 9.30. The number of halogens is 1. The van der Waals surface area contributed by atoms with Gasteiger partial charge in [0.2, 0.25) is 0 Å². The fourth-order valence-electron chi connectivity index (χ4n) is 1.05. The van der Waals surface area contributed by atoms with Crippen LogP contribution in [0.25, 0.3) is 0 Å². The van der Waals surface area contributed by atoms with Gasteiger partial charge in [0.25, 0.3) is 0 Å². The third-order valence-corrected chi connectivity index (χ3v) is 2.87. The zero-order valence-corrected chi connectivity index (χ0v) is 9.43. The molecular formula is C10H14BrNO. The van der Waals surface area contributed by atoms with Gasteiger partial charge in [0.1, 0.15) is 5.75 Å². The Morgan fingerprint density at radius 2 is 2.08 bits per heavy atom. The summed E-state index contributed by atoms with van der Waals surface area (Å²) in [5.41, 5.74) is 6.73. The second kappa shape index (κ2) is 3.68. The van der Waals surface area contributed by atoms with Gasteiger partial charge in [0, 0.05) is 12.0 Å². The van der Waals surface area contributed by atoms with E-state index in [2.05, 4.69) is 29.8 Å². The summed E-state index contributed by atoms with van der Waals surface area (Å²) in [7, 11) is 0. The van der Waals surface area contributed by atoms with Crippen molar-refractivity contribution in [2.24, 2.45) is 5.73 Å². The molecule has 0 aliphatic heterocycles. The van der Waals surface area contributed by atoms with Crippen LogP contribution in [0.3, 0.4) is 0 Å². The highest BCUT2D eigenvalue weighted by Crippen LogP contribution is 2.30. The molecule has 1 aromatic rings. The van der Waals surface area contributed by atoms with E-state index in [1.165, 1.54) is 0 Å². The highest BCUT2D eigenvalue weighted by Gasteiger charge is 2.18. The molecule has 0 fully saturated rings. The highest BCUT2D eigenvalue weighted by molar-refractivity contribution is 9.10. The van der Waals surface area contributed by atoms with Gasteiger partial charge in [-0.2, -0.15) is 0 Å². The molecule has 13 heavy (non-hydrogen) atoms. The summed E-state index contributed by atoms with van der Waals surface area (Å²) in [5, 5.41) is 9.30. The Kier molecular flexibility index (Phi) is 2.98. The monoisotopic (exact) mass is 243 g/mol. The maximum atomic E-state index is 9.30. The van der Waals surface area contributed by atoms with Gasteiger partial charge in [-0.05, 0) is 33.6 Å². The van der Waals surface area contributed by atoms with Crippen molar-refractivity contribution in [2.75, 3.05) is 6.54 Å². The van der Waals surface area contributed by atoms with Crippen molar-refractivity contribution in [1.29, 1.82) is 0 Å². The maximum Gasteiger partial charge on any atom is 0.129 e. The standard InChI is InChI=1S/C10H14BrNO/c1-10(2,6-12)7-3-4-9(13)8(11)5-7/h3-5,13H,6,12H2,1-2H3. The Morgan fingerprint density at radius 1 is 1.46 bits per heavy atom. The average molecular weight is 244 g/mol. The van der Waals surface area contributed by atoms with Crippen LogP contribution in [0.1, 0.15) is 19.4 Å². The number of phenolic OH excluding ortho intramolecular Hbond substituents is 1. The van der Waals surface area contributed by atoms with E-state index in [1.807, 2.05) is 12.1 Å². The molecule has 0 aromatic heterocycles. The molecule has 1 aromatic carbocycles. The van der Waals surface area contributed by atoms with Gasteiger partial charge in [0.15, 0.2) is 0 Å². The molecule has 0 atom stereocenters. The van der Waals surface area contributed by atoms with Gasteiger partial charge >= 0.3 is 0 Å². The van der Waals surface area contributed by atoms with E-state index in [1.54, 1.807) is 6.07 Å². The summed E-state index contributed by atoms with van der Waals surface area (Å²) in [6, 6.07) is 5.48. The SMILES string of the molecule is CC(C)(CN)c1ccc(O)c(Br)c1. The molecule has 0 saturated heterocycles. The Hall–Kier alpha value is -0.540. The van der Waals surface area contributed by atoms with Gasteiger partial charge in [0.05, 0.1) is 4.47 Å². The summed E-state index contributed by atoms with van der Waals surface area (Å²) in [4.78, 5) is 0. The van der Waals surface area contributed by atoms with Gasteiger partial charge in [-0.3, -0.25) is 0 Å². The van der Waals surface area contributed by atoms with Gasteiger partial charge in [-0.25, -0.2) is 0 Å². The minimum atomic E-state index is -0.0454. The molecule has 3 N–H and O–H groups in total. The molecule has 0 unspecified atom stereocenters. The van der Waals surface area contributed by atoms with Crippen LogP contribution in [0.15, 0.2) is 22.7 Å². The highest BCUT2D eigenvalue weighted by atomic mass is 79.9. The summed E-state index contributed by atoms with van der Waals surface area (Å²) in [6.07, 6.45) is 0.